The van der Waals surface area contributed by atoms with Crippen LogP contribution in [0.5, 0.6) is 0 Å². The van der Waals surface area contributed by atoms with Gasteiger partial charge < -0.3 is 5.32 Å². The van der Waals surface area contributed by atoms with E-state index in [9.17, 15) is 0 Å². The van der Waals surface area contributed by atoms with E-state index in [2.05, 4.69) is 83.6 Å². The van der Waals surface area contributed by atoms with Crippen LogP contribution in [-0.2, 0) is 12.3 Å². The number of benzene rings is 2. The summed E-state index contributed by atoms with van der Waals surface area (Å²) in [6.07, 6.45) is 0. The smallest absolute Gasteiger partial charge is 0.0314 e. The lowest BCUT2D eigenvalue weighted by Crippen LogP contribution is -2.21. The van der Waals surface area contributed by atoms with Gasteiger partial charge in [0.25, 0.3) is 0 Å². The zero-order valence-corrected chi connectivity index (χ0v) is 14.3. The minimum atomic E-state index is 0.515. The Morgan fingerprint density at radius 3 is 2.45 bits per heavy atom. The van der Waals surface area contributed by atoms with Gasteiger partial charge in [0.15, 0.2) is 0 Å². The van der Waals surface area contributed by atoms with Gasteiger partial charge in [0, 0.05) is 27.7 Å². The van der Waals surface area contributed by atoms with E-state index in [0.717, 1.165) is 12.3 Å². The molecule has 0 aliphatic heterocycles. The molecule has 0 radical (unpaired) electrons. The zero-order chi connectivity index (χ0) is 14.4. The van der Waals surface area contributed by atoms with Crippen LogP contribution in [0.15, 0.2) is 57.9 Å². The Morgan fingerprint density at radius 2 is 1.80 bits per heavy atom. The molecule has 0 unspecified atom stereocenters. The maximum Gasteiger partial charge on any atom is 0.0314 e. The number of halogens is 1. The molecule has 3 heteroatoms. The molecule has 0 saturated carbocycles. The summed E-state index contributed by atoms with van der Waals surface area (Å²) in [5.74, 6) is 1.00. The van der Waals surface area contributed by atoms with Crippen molar-refractivity contribution >= 4 is 27.7 Å². The number of thioether (sulfide) groups is 1. The summed E-state index contributed by atoms with van der Waals surface area (Å²) in [4.78, 5) is 1.29. The molecule has 0 spiro atoms. The van der Waals surface area contributed by atoms with E-state index in [4.69, 9.17) is 0 Å². The van der Waals surface area contributed by atoms with Crippen LogP contribution >= 0.6 is 27.7 Å². The Balaban J connectivity index is 1.95. The lowest BCUT2D eigenvalue weighted by atomic mass is 10.2. The average Bonchev–Trinajstić information content (AvgIpc) is 2.45. The molecule has 20 heavy (non-hydrogen) atoms. The predicted octanol–water partition coefficient (Wildman–Crippen LogP) is 5.24. The molecule has 0 atom stereocenters. The summed E-state index contributed by atoms with van der Waals surface area (Å²) >= 11 is 5.55. The SMILES string of the molecule is CC(C)NCc1ccc(SCc2ccccc2)c(Br)c1. The molecule has 0 heterocycles. The maximum atomic E-state index is 3.68. The Hall–Kier alpha value is -0.770. The molecule has 106 valence electrons. The first-order valence-corrected chi connectivity index (χ1v) is 8.61. The Morgan fingerprint density at radius 1 is 1.05 bits per heavy atom. The second-order valence-corrected chi connectivity index (χ2v) is 6.95. The van der Waals surface area contributed by atoms with Crippen molar-refractivity contribution in [1.29, 1.82) is 0 Å². The highest BCUT2D eigenvalue weighted by atomic mass is 79.9. The van der Waals surface area contributed by atoms with E-state index in [1.54, 1.807) is 0 Å². The average molecular weight is 350 g/mol. The third-order valence-corrected chi connectivity index (χ3v) is 5.01. The van der Waals surface area contributed by atoms with Crippen molar-refractivity contribution in [1.82, 2.24) is 5.32 Å². The van der Waals surface area contributed by atoms with Crippen LogP contribution in [-0.4, -0.2) is 6.04 Å². The van der Waals surface area contributed by atoms with Crippen LogP contribution < -0.4 is 5.32 Å². The molecular weight excluding hydrogens is 330 g/mol. The van der Waals surface area contributed by atoms with Crippen LogP contribution in [0.25, 0.3) is 0 Å². The fourth-order valence-electron chi connectivity index (χ4n) is 1.83. The van der Waals surface area contributed by atoms with E-state index >= 15 is 0 Å². The van der Waals surface area contributed by atoms with Crippen molar-refractivity contribution in [3.8, 4) is 0 Å². The maximum absolute atomic E-state index is 3.68. The minimum absolute atomic E-state index is 0.515. The second kappa shape index (κ2) is 7.87. The monoisotopic (exact) mass is 349 g/mol. The van der Waals surface area contributed by atoms with Crippen molar-refractivity contribution in [2.24, 2.45) is 0 Å². The first-order chi connectivity index (χ1) is 9.65. The largest absolute Gasteiger partial charge is 0.310 e. The van der Waals surface area contributed by atoms with Gasteiger partial charge in [0.1, 0.15) is 0 Å². The number of nitrogens with one attached hydrogen (secondary N) is 1. The molecule has 1 nitrogen and oxygen atoms in total. The Labute approximate surface area is 134 Å². The van der Waals surface area contributed by atoms with Gasteiger partial charge >= 0.3 is 0 Å². The van der Waals surface area contributed by atoms with Gasteiger partial charge in [-0.25, -0.2) is 0 Å². The highest BCUT2D eigenvalue weighted by Gasteiger charge is 2.03. The molecule has 0 aromatic heterocycles. The number of hydrogen-bond donors (Lipinski definition) is 1. The van der Waals surface area contributed by atoms with Crippen LogP contribution in [0.3, 0.4) is 0 Å². The molecule has 0 aliphatic rings. The van der Waals surface area contributed by atoms with Gasteiger partial charge in [0.2, 0.25) is 0 Å². The summed E-state index contributed by atoms with van der Waals surface area (Å²) in [5, 5.41) is 3.44. The van der Waals surface area contributed by atoms with Crippen molar-refractivity contribution < 1.29 is 0 Å². The molecule has 2 aromatic rings. The molecular formula is C17H20BrNS. The molecule has 0 bridgehead atoms. The van der Waals surface area contributed by atoms with Crippen molar-refractivity contribution in [2.75, 3.05) is 0 Å². The topological polar surface area (TPSA) is 12.0 Å². The molecule has 0 fully saturated rings. The summed E-state index contributed by atoms with van der Waals surface area (Å²) in [6, 6.07) is 17.7. The standard InChI is InChI=1S/C17H20BrNS/c1-13(2)19-11-15-8-9-17(16(18)10-15)20-12-14-6-4-3-5-7-14/h3-10,13,19H,11-12H2,1-2H3. The quantitative estimate of drug-likeness (QED) is 0.715. The van der Waals surface area contributed by atoms with Crippen molar-refractivity contribution in [2.45, 2.75) is 37.1 Å². The third kappa shape index (κ3) is 4.97. The minimum Gasteiger partial charge on any atom is -0.310 e. The fourth-order valence-corrected chi connectivity index (χ4v) is 3.47. The molecule has 0 aliphatic carbocycles. The van der Waals surface area contributed by atoms with Gasteiger partial charge in [0.05, 0.1) is 0 Å². The van der Waals surface area contributed by atoms with Crippen molar-refractivity contribution in [3.63, 3.8) is 0 Å². The van der Waals surface area contributed by atoms with E-state index < -0.39 is 0 Å². The highest BCUT2D eigenvalue weighted by Crippen LogP contribution is 2.30. The summed E-state index contributed by atoms with van der Waals surface area (Å²) in [5.41, 5.74) is 2.67. The van der Waals surface area contributed by atoms with E-state index in [1.165, 1.54) is 20.5 Å². The van der Waals surface area contributed by atoms with Gasteiger partial charge in [-0.15, -0.1) is 11.8 Å². The van der Waals surface area contributed by atoms with Crippen molar-refractivity contribution in [3.05, 3.63) is 64.1 Å². The van der Waals surface area contributed by atoms with Crippen LogP contribution in [0.1, 0.15) is 25.0 Å². The van der Waals surface area contributed by atoms with Crippen LogP contribution in [0.4, 0.5) is 0 Å². The summed E-state index contributed by atoms with van der Waals surface area (Å²) in [6.45, 7) is 5.25. The Kier molecular flexibility index (Phi) is 6.14. The first-order valence-electron chi connectivity index (χ1n) is 6.83. The first kappa shape index (κ1) is 15.6. The highest BCUT2D eigenvalue weighted by molar-refractivity contribution is 9.10. The number of hydrogen-bond acceptors (Lipinski definition) is 2. The van der Waals surface area contributed by atoms with E-state index in [0.29, 0.717) is 6.04 Å². The lowest BCUT2D eigenvalue weighted by molar-refractivity contribution is 0.588. The number of rotatable bonds is 6. The van der Waals surface area contributed by atoms with Crippen LogP contribution in [0.2, 0.25) is 0 Å². The molecule has 0 saturated heterocycles. The summed E-state index contributed by atoms with van der Waals surface area (Å²) < 4.78 is 1.18. The van der Waals surface area contributed by atoms with E-state index in [-0.39, 0.29) is 0 Å². The molecule has 2 aromatic carbocycles. The third-order valence-electron chi connectivity index (χ3n) is 2.95. The zero-order valence-electron chi connectivity index (χ0n) is 11.9. The molecule has 1 N–H and O–H groups in total. The Bertz CT molecular complexity index is 540. The summed E-state index contributed by atoms with van der Waals surface area (Å²) in [7, 11) is 0. The normalized spacial score (nSPS) is 11.0. The van der Waals surface area contributed by atoms with Gasteiger partial charge in [-0.05, 0) is 39.2 Å². The predicted molar refractivity (Wildman–Crippen MR) is 92.1 cm³/mol. The van der Waals surface area contributed by atoms with E-state index in [1.807, 2.05) is 11.8 Å². The van der Waals surface area contributed by atoms with Gasteiger partial charge in [-0.3, -0.25) is 0 Å². The second-order valence-electron chi connectivity index (χ2n) is 5.07. The fraction of sp³-hybridized carbons (Fsp3) is 0.294. The van der Waals surface area contributed by atoms with Gasteiger partial charge in [-0.2, -0.15) is 0 Å². The molecule has 0 amide bonds. The van der Waals surface area contributed by atoms with Crippen LogP contribution in [0, 0.1) is 0 Å². The molecule has 2 rings (SSSR count). The lowest BCUT2D eigenvalue weighted by Gasteiger charge is -2.10. The van der Waals surface area contributed by atoms with Gasteiger partial charge in [-0.1, -0.05) is 50.2 Å².